The summed E-state index contributed by atoms with van der Waals surface area (Å²) in [4.78, 5) is 76.3. The summed E-state index contributed by atoms with van der Waals surface area (Å²) < 4.78 is 12.4. The first-order valence-corrected chi connectivity index (χ1v) is 21.4. The Kier molecular flexibility index (Phi) is 19.8. The number of hydrogen-bond acceptors (Lipinski definition) is 10. The van der Waals surface area contributed by atoms with Crippen molar-refractivity contribution in [2.45, 2.75) is 180 Å². The van der Waals surface area contributed by atoms with Crippen molar-refractivity contribution >= 4 is 57.1 Å². The molecule has 15 heteroatoms. The van der Waals surface area contributed by atoms with Crippen LogP contribution in [-0.4, -0.2) is 104 Å². The van der Waals surface area contributed by atoms with Gasteiger partial charge in [0.25, 0.3) is 11.8 Å². The molecule has 310 valence electrons. The first-order valence-electron chi connectivity index (χ1n) is 19.1. The Morgan fingerprint density at radius 3 is 1.76 bits per heavy atom. The number of ether oxygens (including phenoxy) is 2. The van der Waals surface area contributed by atoms with Gasteiger partial charge in [0, 0.05) is 59.8 Å². The van der Waals surface area contributed by atoms with Crippen molar-refractivity contribution in [1.29, 1.82) is 0 Å². The summed E-state index contributed by atoms with van der Waals surface area (Å²) in [5.41, 5.74) is -2.31. The van der Waals surface area contributed by atoms with Gasteiger partial charge in [-0.3, -0.25) is 33.7 Å². The number of carbonyl (C=O) groups is 6. The van der Waals surface area contributed by atoms with Crippen molar-refractivity contribution < 1.29 is 43.3 Å². The molecule has 0 aromatic heterocycles. The lowest BCUT2D eigenvalue weighted by atomic mass is 9.93. The van der Waals surface area contributed by atoms with Crippen molar-refractivity contribution in [1.82, 2.24) is 20.9 Å². The molecule has 54 heavy (non-hydrogen) atoms. The zero-order chi connectivity index (χ0) is 41.5. The molecule has 4 N–H and O–H groups in total. The van der Waals surface area contributed by atoms with Crippen LogP contribution in [0.3, 0.4) is 0 Å². The Hall–Kier alpha value is -2.62. The van der Waals surface area contributed by atoms with E-state index in [0.717, 1.165) is 17.1 Å². The van der Waals surface area contributed by atoms with E-state index in [-0.39, 0.29) is 35.2 Å². The van der Waals surface area contributed by atoms with Crippen LogP contribution in [0.15, 0.2) is 12.2 Å². The fourth-order valence-electron chi connectivity index (χ4n) is 5.41. The second-order valence-corrected chi connectivity index (χ2v) is 19.8. The van der Waals surface area contributed by atoms with E-state index in [2.05, 4.69) is 36.7 Å². The lowest BCUT2D eigenvalue weighted by Crippen LogP contribution is -2.58. The lowest BCUT2D eigenvalue weighted by molar-refractivity contribution is -0.145. The smallest absolute Gasteiger partial charge is 0.303 e. The number of hydrogen-bond donors (Lipinski definition) is 4. The maximum absolute atomic E-state index is 13.8. The summed E-state index contributed by atoms with van der Waals surface area (Å²) in [6.07, 6.45) is 6.45. The fraction of sp³-hybridized carbons (Fsp3) is 0.795. The summed E-state index contributed by atoms with van der Waals surface area (Å²) in [6, 6.07) is -2.01. The third kappa shape index (κ3) is 17.9. The van der Waals surface area contributed by atoms with Crippen LogP contribution in [0.25, 0.3) is 0 Å². The number of nitrogens with zero attached hydrogens (tertiary/aromatic N) is 1. The highest BCUT2D eigenvalue weighted by Gasteiger charge is 2.36. The Morgan fingerprint density at radius 1 is 0.759 bits per heavy atom. The Labute approximate surface area is 331 Å². The van der Waals surface area contributed by atoms with Crippen LogP contribution in [0.5, 0.6) is 0 Å². The first-order chi connectivity index (χ1) is 24.8. The quantitative estimate of drug-likeness (QED) is 0.0601. The highest BCUT2D eigenvalue weighted by molar-refractivity contribution is 8.77. The Bertz CT molecular complexity index is 1320. The Morgan fingerprint density at radius 2 is 1.28 bits per heavy atom. The van der Waals surface area contributed by atoms with Crippen molar-refractivity contribution in [3.05, 3.63) is 12.2 Å². The highest BCUT2D eigenvalue weighted by Crippen LogP contribution is 2.35. The highest BCUT2D eigenvalue weighted by atomic mass is 33.1. The number of aliphatic carboxylic acids is 1. The number of rotatable bonds is 26. The van der Waals surface area contributed by atoms with Gasteiger partial charge in [-0.05, 0) is 86.5 Å². The van der Waals surface area contributed by atoms with Crippen LogP contribution >= 0.6 is 21.6 Å². The van der Waals surface area contributed by atoms with Gasteiger partial charge in [0.05, 0.1) is 11.2 Å². The zero-order valence-corrected chi connectivity index (χ0v) is 36.4. The topological polar surface area (TPSA) is 180 Å². The van der Waals surface area contributed by atoms with Crippen LogP contribution in [0.4, 0.5) is 0 Å². The molecule has 1 heterocycles. The SMILES string of the molecule is CCC(C)(CCOC(C)(CC)CCC(=O)NC(C)(C)CCOC(C)(CC)CCC(=O)O)NC(=O)C(CSSC(C)(C)C)NC(=O)C(C)N1C(=O)C=CC1=O. The second kappa shape index (κ2) is 21.6. The van der Waals surface area contributed by atoms with E-state index in [1.165, 1.54) is 17.7 Å². The maximum Gasteiger partial charge on any atom is 0.303 e. The van der Waals surface area contributed by atoms with Crippen LogP contribution in [0.2, 0.25) is 0 Å². The standard InChI is InChI=1S/C39H68N4O9S2/c1-13-37(10,42-34(50)28(26-53-54-35(5,6)7)40-33(49)27(4)43-30(45)16-17-31(43)46)23-25-52-38(11,14-2)20-18-29(44)41-36(8,9)22-24-51-39(12,15-3)21-19-32(47)48/h16-17,27-28H,13-15,18-26H2,1-12H3,(H,40,49)(H,41,44)(H,42,50)(H,47,48). The molecule has 5 unspecified atom stereocenters. The normalized spacial score (nSPS) is 18.0. The third-order valence-electron chi connectivity index (χ3n) is 10.00. The molecule has 0 aromatic rings. The summed E-state index contributed by atoms with van der Waals surface area (Å²) in [6.45, 7) is 24.0. The van der Waals surface area contributed by atoms with Gasteiger partial charge < -0.3 is 30.5 Å². The number of carbonyl (C=O) groups excluding carboxylic acids is 5. The van der Waals surface area contributed by atoms with Gasteiger partial charge in [0.2, 0.25) is 17.7 Å². The van der Waals surface area contributed by atoms with Gasteiger partial charge in [-0.1, -0.05) is 63.1 Å². The van der Waals surface area contributed by atoms with E-state index in [0.29, 0.717) is 58.2 Å². The molecule has 5 amide bonds. The third-order valence-corrected chi connectivity index (χ3v) is 13.3. The van der Waals surface area contributed by atoms with Crippen LogP contribution in [-0.2, 0) is 38.2 Å². The molecule has 0 spiro atoms. The molecule has 13 nitrogen and oxygen atoms in total. The Balaban J connectivity index is 2.80. The van der Waals surface area contributed by atoms with Crippen molar-refractivity contribution in [2.24, 2.45) is 0 Å². The molecule has 0 radical (unpaired) electrons. The summed E-state index contributed by atoms with van der Waals surface area (Å²) in [5.74, 6) is -2.80. The van der Waals surface area contributed by atoms with E-state index in [4.69, 9.17) is 14.6 Å². The number of carboxylic acids is 1. The van der Waals surface area contributed by atoms with Crippen molar-refractivity contribution in [3.8, 4) is 0 Å². The van der Waals surface area contributed by atoms with Gasteiger partial charge >= 0.3 is 5.97 Å². The van der Waals surface area contributed by atoms with Gasteiger partial charge in [-0.15, -0.1) is 0 Å². The van der Waals surface area contributed by atoms with Crippen LogP contribution in [0.1, 0.15) is 141 Å². The molecule has 0 saturated heterocycles. The molecule has 0 aliphatic carbocycles. The minimum Gasteiger partial charge on any atom is -0.481 e. The van der Waals surface area contributed by atoms with E-state index in [1.807, 2.05) is 55.4 Å². The van der Waals surface area contributed by atoms with Gasteiger partial charge in [-0.25, -0.2) is 0 Å². The summed E-state index contributed by atoms with van der Waals surface area (Å²) >= 11 is 0. The predicted molar refractivity (Wildman–Crippen MR) is 216 cm³/mol. The number of carboxylic acid groups (broad SMARTS) is 1. The molecule has 0 aromatic carbocycles. The molecular formula is C39H68N4O9S2. The monoisotopic (exact) mass is 800 g/mol. The number of imide groups is 1. The van der Waals surface area contributed by atoms with Crippen LogP contribution < -0.4 is 16.0 Å². The molecule has 1 aliphatic rings. The van der Waals surface area contributed by atoms with E-state index >= 15 is 0 Å². The molecule has 0 fully saturated rings. The van der Waals surface area contributed by atoms with Crippen molar-refractivity contribution in [3.63, 3.8) is 0 Å². The largest absolute Gasteiger partial charge is 0.481 e. The van der Waals surface area contributed by atoms with E-state index < -0.39 is 58.1 Å². The molecule has 5 atom stereocenters. The van der Waals surface area contributed by atoms with Crippen LogP contribution in [0, 0.1) is 0 Å². The lowest BCUT2D eigenvalue weighted by Gasteiger charge is -2.35. The van der Waals surface area contributed by atoms with Crippen molar-refractivity contribution in [2.75, 3.05) is 19.0 Å². The fourth-order valence-corrected chi connectivity index (χ4v) is 7.87. The van der Waals surface area contributed by atoms with Gasteiger partial charge in [0.15, 0.2) is 0 Å². The maximum atomic E-state index is 13.8. The minimum absolute atomic E-state index is 0.0397. The number of amides is 5. The summed E-state index contributed by atoms with van der Waals surface area (Å²) in [5, 5.41) is 18.1. The molecule has 1 rings (SSSR count). The first kappa shape index (κ1) is 49.4. The second-order valence-electron chi connectivity index (χ2n) is 16.6. The molecular weight excluding hydrogens is 733 g/mol. The number of nitrogens with one attached hydrogen (secondary N) is 3. The van der Waals surface area contributed by atoms with E-state index in [1.54, 1.807) is 10.8 Å². The predicted octanol–water partition coefficient (Wildman–Crippen LogP) is 5.94. The zero-order valence-electron chi connectivity index (χ0n) is 34.8. The summed E-state index contributed by atoms with van der Waals surface area (Å²) in [7, 11) is 3.05. The molecule has 0 saturated carbocycles. The van der Waals surface area contributed by atoms with Gasteiger partial charge in [0.1, 0.15) is 12.1 Å². The minimum atomic E-state index is -1.09. The van der Waals surface area contributed by atoms with Gasteiger partial charge in [-0.2, -0.15) is 0 Å². The molecule has 1 aliphatic heterocycles. The molecule has 0 bridgehead atoms. The van der Waals surface area contributed by atoms with E-state index in [9.17, 15) is 28.8 Å². The average molecular weight is 801 g/mol. The average Bonchev–Trinajstić information content (AvgIpc) is 3.41.